The van der Waals surface area contributed by atoms with Gasteiger partial charge in [0.1, 0.15) is 22.6 Å². The minimum atomic E-state index is -0.905. The quantitative estimate of drug-likeness (QED) is 0.270. The van der Waals surface area contributed by atoms with Gasteiger partial charge in [-0.15, -0.1) is 11.3 Å². The van der Waals surface area contributed by atoms with Gasteiger partial charge >= 0.3 is 0 Å². The molecule has 1 aliphatic heterocycles. The van der Waals surface area contributed by atoms with Crippen molar-refractivity contribution in [3.05, 3.63) is 58.4 Å². The van der Waals surface area contributed by atoms with Crippen molar-refractivity contribution >= 4 is 39.8 Å². The molecule has 3 aliphatic rings. The highest BCUT2D eigenvalue weighted by molar-refractivity contribution is 7.13. The number of benzene rings is 1. The van der Waals surface area contributed by atoms with Gasteiger partial charge in [0.15, 0.2) is 0 Å². The second kappa shape index (κ2) is 10.7. The highest BCUT2D eigenvalue weighted by atomic mass is 35.5. The molecule has 4 N–H and O–H groups in total. The van der Waals surface area contributed by atoms with Crippen LogP contribution in [0.1, 0.15) is 49.4 Å². The van der Waals surface area contributed by atoms with Crippen LogP contribution >= 0.6 is 22.9 Å². The van der Waals surface area contributed by atoms with E-state index < -0.39 is 12.2 Å². The maximum absolute atomic E-state index is 11.3. The number of aromatic nitrogens is 4. The Labute approximate surface area is 242 Å². The molecule has 3 fully saturated rings. The molecule has 210 valence electrons. The van der Waals surface area contributed by atoms with Crippen LogP contribution in [0.2, 0.25) is 5.28 Å². The van der Waals surface area contributed by atoms with E-state index in [1.54, 1.807) is 11.3 Å². The second-order valence-corrected chi connectivity index (χ2v) is 13.1. The summed E-state index contributed by atoms with van der Waals surface area (Å²) in [4.78, 5) is 16.3. The Balaban J connectivity index is 1.17. The Hall–Kier alpha value is -2.56. The number of hydrogen-bond donors (Lipinski definition) is 3. The van der Waals surface area contributed by atoms with Crippen molar-refractivity contribution in [2.75, 3.05) is 25.4 Å². The Kier molecular flexibility index (Phi) is 7.04. The third-order valence-corrected chi connectivity index (χ3v) is 10.3. The monoisotopic (exact) mass is 578 g/mol. The van der Waals surface area contributed by atoms with Gasteiger partial charge in [0, 0.05) is 30.1 Å². The molecule has 1 saturated heterocycles. The highest BCUT2D eigenvalue weighted by Crippen LogP contribution is 2.46. The number of rotatable bonds is 7. The van der Waals surface area contributed by atoms with Crippen LogP contribution in [-0.2, 0) is 6.42 Å². The number of fused-ring (bicyclic) bond motifs is 1. The molecule has 3 aromatic heterocycles. The number of nitrogen functional groups attached to an aromatic ring is 1. The van der Waals surface area contributed by atoms with Crippen molar-refractivity contribution < 1.29 is 10.2 Å². The topological polar surface area (TPSA) is 113 Å². The lowest BCUT2D eigenvalue weighted by Crippen LogP contribution is -2.40. The van der Waals surface area contributed by atoms with E-state index in [2.05, 4.69) is 32.4 Å². The third-order valence-electron chi connectivity index (χ3n) is 9.19. The molecule has 2 aliphatic carbocycles. The van der Waals surface area contributed by atoms with Crippen LogP contribution in [0.5, 0.6) is 0 Å². The van der Waals surface area contributed by atoms with Gasteiger partial charge in [0.2, 0.25) is 5.28 Å². The summed E-state index contributed by atoms with van der Waals surface area (Å²) in [6, 6.07) is 9.93. The van der Waals surface area contributed by atoms with Gasteiger partial charge in [-0.1, -0.05) is 30.3 Å². The normalized spacial score (nSPS) is 26.2. The number of nitrogens with two attached hydrogens (primary N) is 1. The fraction of sp³-hybridized carbons (Fsp3) is 0.500. The van der Waals surface area contributed by atoms with E-state index in [0.29, 0.717) is 23.4 Å². The summed E-state index contributed by atoms with van der Waals surface area (Å²) in [7, 11) is 0. The van der Waals surface area contributed by atoms with Crippen molar-refractivity contribution in [3.8, 4) is 10.6 Å². The molecular weight excluding hydrogens is 544 g/mol. The molecule has 8 nitrogen and oxygen atoms in total. The Morgan fingerprint density at radius 2 is 1.77 bits per heavy atom. The molecule has 40 heavy (non-hydrogen) atoms. The molecule has 2 saturated carbocycles. The molecule has 4 heterocycles. The Morgan fingerprint density at radius 3 is 2.52 bits per heavy atom. The minimum Gasteiger partial charge on any atom is -0.390 e. The molecule has 10 heteroatoms. The van der Waals surface area contributed by atoms with Gasteiger partial charge < -0.3 is 25.4 Å². The first-order valence-electron chi connectivity index (χ1n) is 14.4. The van der Waals surface area contributed by atoms with Crippen LogP contribution in [0.3, 0.4) is 0 Å². The van der Waals surface area contributed by atoms with Crippen LogP contribution in [0.15, 0.2) is 41.9 Å². The van der Waals surface area contributed by atoms with Crippen LogP contribution in [-0.4, -0.2) is 66.5 Å². The summed E-state index contributed by atoms with van der Waals surface area (Å²) in [6.07, 6.45) is 6.57. The number of aliphatic hydroxyl groups is 2. The number of anilines is 1. The fourth-order valence-electron chi connectivity index (χ4n) is 6.90. The molecule has 0 radical (unpaired) electrons. The molecule has 0 unspecified atom stereocenters. The zero-order chi connectivity index (χ0) is 27.4. The zero-order valence-electron chi connectivity index (χ0n) is 22.4. The Morgan fingerprint density at radius 1 is 1.00 bits per heavy atom. The molecular formula is C30H35ClN6O2S. The smallest absolute Gasteiger partial charge is 0.226 e. The molecule has 0 spiro atoms. The minimum absolute atomic E-state index is 0.0379. The molecule has 4 aromatic rings. The predicted molar refractivity (Wildman–Crippen MR) is 158 cm³/mol. The average molecular weight is 579 g/mol. The summed E-state index contributed by atoms with van der Waals surface area (Å²) in [5.41, 5.74) is 9.98. The second-order valence-electron chi connectivity index (χ2n) is 11.9. The van der Waals surface area contributed by atoms with E-state index in [9.17, 15) is 10.2 Å². The average Bonchev–Trinajstić information content (AvgIpc) is 3.38. The lowest BCUT2D eigenvalue weighted by molar-refractivity contribution is -0.0124. The maximum Gasteiger partial charge on any atom is 0.226 e. The summed E-state index contributed by atoms with van der Waals surface area (Å²) < 4.78 is 1.96. The van der Waals surface area contributed by atoms with Gasteiger partial charge in [0.05, 0.1) is 23.2 Å². The van der Waals surface area contributed by atoms with Crippen LogP contribution in [0.25, 0.3) is 21.6 Å². The maximum atomic E-state index is 11.3. The molecule has 0 amide bonds. The summed E-state index contributed by atoms with van der Waals surface area (Å²) in [6.45, 7) is 3.38. The largest absolute Gasteiger partial charge is 0.390 e. The molecule has 0 bridgehead atoms. The van der Waals surface area contributed by atoms with Gasteiger partial charge in [-0.25, -0.2) is 9.97 Å². The molecule has 4 atom stereocenters. The van der Waals surface area contributed by atoms with Crippen molar-refractivity contribution in [1.29, 1.82) is 0 Å². The molecule has 1 aromatic carbocycles. The summed E-state index contributed by atoms with van der Waals surface area (Å²) in [5, 5.41) is 26.2. The first kappa shape index (κ1) is 26.3. The lowest BCUT2D eigenvalue weighted by atomic mass is 9.82. The van der Waals surface area contributed by atoms with Gasteiger partial charge in [-0.2, -0.15) is 4.98 Å². The van der Waals surface area contributed by atoms with E-state index in [-0.39, 0.29) is 23.1 Å². The predicted octanol–water partition coefficient (Wildman–Crippen LogP) is 4.79. The van der Waals surface area contributed by atoms with Crippen LogP contribution < -0.4 is 5.73 Å². The number of aliphatic hydroxyl groups excluding tert-OH is 2. The third kappa shape index (κ3) is 5.03. The standard InChI is InChI=1S/C30H35ClN6O2S/c31-30-34-27(32)24-22(29-33-20(16-40-29)12-17-4-2-1-3-5-17)15-37(28(24)35-30)23-13-21(25(38)26(23)39)19-8-10-36(11-9-19)14-18-6-7-18/h1-5,15-16,18-19,21,23,25-26,38-39H,6-14H2,(H2,32,34,35)/t21-,23-,25-,26+/m1/s1. The summed E-state index contributed by atoms with van der Waals surface area (Å²) >= 11 is 7.83. The van der Waals surface area contributed by atoms with Gasteiger partial charge in [-0.05, 0) is 80.1 Å². The van der Waals surface area contributed by atoms with Gasteiger partial charge in [0.25, 0.3) is 0 Å². The van der Waals surface area contributed by atoms with E-state index in [1.807, 2.05) is 29.0 Å². The fourth-order valence-corrected chi connectivity index (χ4v) is 7.90. The van der Waals surface area contributed by atoms with E-state index >= 15 is 0 Å². The summed E-state index contributed by atoms with van der Waals surface area (Å²) in [5.74, 6) is 1.62. The SMILES string of the molecule is Nc1nc(Cl)nc2c1c(-c1nc(Cc3ccccc3)cs1)cn2[C@@H]1C[C@H](C2CCN(CC3CC3)CC2)[C@@H](O)[C@H]1O. The van der Waals surface area contributed by atoms with Crippen LogP contribution in [0, 0.1) is 17.8 Å². The lowest BCUT2D eigenvalue weighted by Gasteiger charge is -2.36. The zero-order valence-corrected chi connectivity index (χ0v) is 23.9. The highest BCUT2D eigenvalue weighted by Gasteiger charge is 2.47. The number of piperidine rings is 1. The van der Waals surface area contributed by atoms with E-state index in [4.69, 9.17) is 22.3 Å². The first-order chi connectivity index (χ1) is 19.4. The van der Waals surface area contributed by atoms with Crippen molar-refractivity contribution in [1.82, 2.24) is 24.4 Å². The van der Waals surface area contributed by atoms with Crippen molar-refractivity contribution in [2.45, 2.75) is 56.8 Å². The first-order valence-corrected chi connectivity index (χ1v) is 15.6. The number of thiazole rings is 1. The van der Waals surface area contributed by atoms with Crippen molar-refractivity contribution in [3.63, 3.8) is 0 Å². The Bertz CT molecular complexity index is 1500. The van der Waals surface area contributed by atoms with Crippen molar-refractivity contribution in [2.24, 2.45) is 17.8 Å². The molecule has 7 rings (SSSR count). The number of hydrogen-bond acceptors (Lipinski definition) is 8. The van der Waals surface area contributed by atoms with Crippen LogP contribution in [0.4, 0.5) is 5.82 Å². The number of nitrogens with zero attached hydrogens (tertiary/aromatic N) is 5. The number of halogens is 1. The van der Waals surface area contributed by atoms with E-state index in [1.165, 1.54) is 24.9 Å². The number of likely N-dealkylation sites (tertiary alicyclic amines) is 1. The van der Waals surface area contributed by atoms with Gasteiger partial charge in [-0.3, -0.25) is 0 Å². The van der Waals surface area contributed by atoms with E-state index in [0.717, 1.165) is 54.5 Å².